The van der Waals surface area contributed by atoms with Crippen LogP contribution in [0.3, 0.4) is 0 Å². The monoisotopic (exact) mass is 289 g/mol. The molecule has 0 radical (unpaired) electrons. The fourth-order valence-corrected chi connectivity index (χ4v) is 3.42. The number of carbonyl (C=O) groups is 1. The normalized spacial score (nSPS) is 10.6. The summed E-state index contributed by atoms with van der Waals surface area (Å²) in [6.45, 7) is 6.22. The van der Waals surface area contributed by atoms with Crippen molar-refractivity contribution in [1.82, 2.24) is 0 Å². The zero-order valence-corrected chi connectivity index (χ0v) is 13.1. The van der Waals surface area contributed by atoms with Crippen molar-refractivity contribution in [2.75, 3.05) is 12.8 Å². The highest BCUT2D eigenvalue weighted by Crippen LogP contribution is 2.39. The average Bonchev–Trinajstić information content (AvgIpc) is 2.78. The van der Waals surface area contributed by atoms with E-state index in [0.29, 0.717) is 10.6 Å². The Morgan fingerprint density at radius 2 is 2.00 bits per heavy atom. The van der Waals surface area contributed by atoms with Gasteiger partial charge in [0, 0.05) is 4.88 Å². The van der Waals surface area contributed by atoms with Crippen molar-refractivity contribution in [3.8, 4) is 10.4 Å². The molecule has 0 spiro atoms. The number of benzene rings is 1. The Balaban J connectivity index is 2.61. The van der Waals surface area contributed by atoms with E-state index in [1.807, 2.05) is 6.92 Å². The average molecular weight is 289 g/mol. The van der Waals surface area contributed by atoms with E-state index < -0.39 is 0 Å². The quantitative estimate of drug-likeness (QED) is 0.870. The van der Waals surface area contributed by atoms with Crippen molar-refractivity contribution >= 4 is 23.0 Å². The minimum Gasteiger partial charge on any atom is -0.465 e. The van der Waals surface area contributed by atoms with Gasteiger partial charge in [0.2, 0.25) is 0 Å². The first-order chi connectivity index (χ1) is 9.49. The molecule has 0 saturated carbocycles. The third-order valence-corrected chi connectivity index (χ3v) is 4.82. The molecule has 0 bridgehead atoms. The summed E-state index contributed by atoms with van der Waals surface area (Å²) in [4.78, 5) is 13.3. The predicted molar refractivity (Wildman–Crippen MR) is 84.4 cm³/mol. The van der Waals surface area contributed by atoms with Crippen LogP contribution in [0.2, 0.25) is 0 Å². The Hall–Kier alpha value is -1.81. The summed E-state index contributed by atoms with van der Waals surface area (Å²) in [6, 6.07) is 6.31. The number of carbonyl (C=O) groups excluding carboxylic acids is 1. The predicted octanol–water partition coefficient (Wildman–Crippen LogP) is 3.96. The van der Waals surface area contributed by atoms with E-state index in [2.05, 4.69) is 32.0 Å². The number of ether oxygens (including phenoxy) is 1. The van der Waals surface area contributed by atoms with Gasteiger partial charge in [-0.25, -0.2) is 4.79 Å². The summed E-state index contributed by atoms with van der Waals surface area (Å²) < 4.78 is 4.80. The second-order valence-electron chi connectivity index (χ2n) is 4.80. The Labute approximate surface area is 123 Å². The van der Waals surface area contributed by atoms with Gasteiger partial charge in [-0.05, 0) is 42.5 Å². The highest BCUT2D eigenvalue weighted by Gasteiger charge is 2.21. The van der Waals surface area contributed by atoms with Crippen molar-refractivity contribution in [3.63, 3.8) is 0 Å². The number of aryl methyl sites for hydroxylation is 2. The molecule has 0 atom stereocenters. The molecule has 0 fully saturated rings. The van der Waals surface area contributed by atoms with E-state index in [1.54, 1.807) is 0 Å². The van der Waals surface area contributed by atoms with Crippen molar-refractivity contribution in [2.45, 2.75) is 27.2 Å². The number of thiophene rings is 1. The fourth-order valence-electron chi connectivity index (χ4n) is 2.19. The number of anilines is 1. The van der Waals surface area contributed by atoms with Crippen LogP contribution in [0.4, 0.5) is 5.69 Å². The Morgan fingerprint density at radius 1 is 1.30 bits per heavy atom. The van der Waals surface area contributed by atoms with Crippen LogP contribution in [-0.2, 0) is 11.2 Å². The van der Waals surface area contributed by atoms with Crippen molar-refractivity contribution in [1.29, 1.82) is 0 Å². The Bertz CT molecular complexity index is 659. The minimum absolute atomic E-state index is 0.364. The first-order valence-electron chi connectivity index (χ1n) is 6.56. The second kappa shape index (κ2) is 5.67. The largest absolute Gasteiger partial charge is 0.465 e. The van der Waals surface area contributed by atoms with Crippen LogP contribution in [0.5, 0.6) is 0 Å². The highest BCUT2D eigenvalue weighted by atomic mass is 32.1. The molecular weight excluding hydrogens is 270 g/mol. The molecule has 0 aliphatic heterocycles. The molecule has 0 amide bonds. The zero-order chi connectivity index (χ0) is 14.9. The van der Waals surface area contributed by atoms with Gasteiger partial charge in [0.25, 0.3) is 0 Å². The molecular formula is C16H19NO2S. The number of hydrogen-bond donors (Lipinski definition) is 1. The van der Waals surface area contributed by atoms with Crippen LogP contribution in [0.1, 0.15) is 33.3 Å². The SMILES string of the molecule is CCc1c(-c2ccc(C)c(C)c2)sc(C(=O)OC)c1N. The molecule has 2 N–H and O–H groups in total. The van der Waals surface area contributed by atoms with Gasteiger partial charge in [-0.15, -0.1) is 11.3 Å². The van der Waals surface area contributed by atoms with Crippen molar-refractivity contribution in [2.24, 2.45) is 0 Å². The van der Waals surface area contributed by atoms with Gasteiger partial charge in [-0.1, -0.05) is 25.1 Å². The first-order valence-corrected chi connectivity index (χ1v) is 7.38. The van der Waals surface area contributed by atoms with Gasteiger partial charge in [-0.2, -0.15) is 0 Å². The van der Waals surface area contributed by atoms with Crippen LogP contribution in [0, 0.1) is 13.8 Å². The van der Waals surface area contributed by atoms with Gasteiger partial charge >= 0.3 is 5.97 Å². The Morgan fingerprint density at radius 3 is 2.55 bits per heavy atom. The molecule has 3 nitrogen and oxygen atoms in total. The van der Waals surface area contributed by atoms with E-state index in [9.17, 15) is 4.79 Å². The van der Waals surface area contributed by atoms with Gasteiger partial charge in [0.1, 0.15) is 4.88 Å². The van der Waals surface area contributed by atoms with E-state index in [-0.39, 0.29) is 5.97 Å². The lowest BCUT2D eigenvalue weighted by Gasteiger charge is -2.06. The summed E-state index contributed by atoms with van der Waals surface area (Å²) >= 11 is 1.41. The van der Waals surface area contributed by atoms with Crippen LogP contribution >= 0.6 is 11.3 Å². The van der Waals surface area contributed by atoms with Gasteiger partial charge in [0.05, 0.1) is 12.8 Å². The van der Waals surface area contributed by atoms with E-state index >= 15 is 0 Å². The van der Waals surface area contributed by atoms with E-state index in [0.717, 1.165) is 22.4 Å². The Kier molecular flexibility index (Phi) is 4.14. The van der Waals surface area contributed by atoms with Crippen molar-refractivity contribution in [3.05, 3.63) is 39.8 Å². The van der Waals surface area contributed by atoms with Gasteiger partial charge in [-0.3, -0.25) is 0 Å². The number of nitrogens with two attached hydrogens (primary N) is 1. The summed E-state index contributed by atoms with van der Waals surface area (Å²) in [6.07, 6.45) is 0.793. The molecule has 0 saturated heterocycles. The molecule has 4 heteroatoms. The van der Waals surface area contributed by atoms with Crippen LogP contribution in [0.25, 0.3) is 10.4 Å². The molecule has 1 aromatic carbocycles. The number of methoxy groups -OCH3 is 1. The van der Waals surface area contributed by atoms with Crippen LogP contribution in [-0.4, -0.2) is 13.1 Å². The second-order valence-corrected chi connectivity index (χ2v) is 5.82. The summed E-state index contributed by atoms with van der Waals surface area (Å²) in [5.74, 6) is -0.364. The molecule has 0 unspecified atom stereocenters. The molecule has 20 heavy (non-hydrogen) atoms. The van der Waals surface area contributed by atoms with Crippen LogP contribution in [0.15, 0.2) is 18.2 Å². The number of nitrogen functional groups attached to an aromatic ring is 1. The molecule has 106 valence electrons. The van der Waals surface area contributed by atoms with Crippen molar-refractivity contribution < 1.29 is 9.53 Å². The lowest BCUT2D eigenvalue weighted by Crippen LogP contribution is -2.02. The molecule has 1 heterocycles. The third-order valence-electron chi connectivity index (χ3n) is 3.54. The summed E-state index contributed by atoms with van der Waals surface area (Å²) in [7, 11) is 1.38. The molecule has 0 aliphatic carbocycles. The number of rotatable bonds is 3. The van der Waals surface area contributed by atoms with E-state index in [4.69, 9.17) is 10.5 Å². The van der Waals surface area contributed by atoms with Gasteiger partial charge < -0.3 is 10.5 Å². The lowest BCUT2D eigenvalue weighted by molar-refractivity contribution is 0.0607. The molecule has 0 aliphatic rings. The first kappa shape index (κ1) is 14.6. The van der Waals surface area contributed by atoms with Gasteiger partial charge in [0.15, 0.2) is 0 Å². The smallest absolute Gasteiger partial charge is 0.350 e. The zero-order valence-electron chi connectivity index (χ0n) is 12.2. The number of esters is 1. The maximum atomic E-state index is 11.8. The number of hydrogen-bond acceptors (Lipinski definition) is 4. The summed E-state index contributed by atoms with van der Waals surface area (Å²) in [5.41, 5.74) is 11.3. The minimum atomic E-state index is -0.364. The standard InChI is InChI=1S/C16H19NO2S/c1-5-12-13(17)15(16(18)19-4)20-14(12)11-7-6-9(2)10(3)8-11/h6-8H,5,17H2,1-4H3. The van der Waals surface area contributed by atoms with Crippen LogP contribution < -0.4 is 5.73 Å². The molecule has 1 aromatic heterocycles. The third kappa shape index (κ3) is 2.43. The fraction of sp³-hybridized carbons (Fsp3) is 0.312. The maximum Gasteiger partial charge on any atom is 0.350 e. The molecule has 2 aromatic rings. The van der Waals surface area contributed by atoms with E-state index in [1.165, 1.54) is 29.6 Å². The summed E-state index contributed by atoms with van der Waals surface area (Å²) in [5, 5.41) is 0. The highest BCUT2D eigenvalue weighted by molar-refractivity contribution is 7.18. The lowest BCUT2D eigenvalue weighted by atomic mass is 10.0. The molecule has 2 rings (SSSR count). The topological polar surface area (TPSA) is 52.3 Å². The maximum absolute atomic E-state index is 11.8.